The molecule has 0 unspecified atom stereocenters. The number of urea groups is 1. The van der Waals surface area contributed by atoms with Gasteiger partial charge in [-0.15, -0.1) is 0 Å². The Hall–Kier alpha value is -2.45. The Morgan fingerprint density at radius 1 is 1.17 bits per heavy atom. The average molecular weight is 259 g/mol. The van der Waals surface area contributed by atoms with Crippen LogP contribution in [0.1, 0.15) is 5.69 Å². The van der Waals surface area contributed by atoms with E-state index in [1.807, 2.05) is 0 Å². The van der Waals surface area contributed by atoms with Crippen molar-refractivity contribution in [2.45, 2.75) is 6.18 Å². The molecule has 0 aliphatic carbocycles. The molecule has 0 radical (unpaired) electrons. The van der Waals surface area contributed by atoms with Crippen molar-refractivity contribution in [2.75, 3.05) is 4.90 Å². The Balaban J connectivity index is 2.33. The number of carbonyl (C=O) groups is 3. The highest BCUT2D eigenvalue weighted by Crippen LogP contribution is 2.28. The van der Waals surface area contributed by atoms with Crippen molar-refractivity contribution in [3.8, 4) is 0 Å². The lowest BCUT2D eigenvalue weighted by atomic mass is 10.3. The number of alkyl halides is 3. The molecule has 0 spiro atoms. The minimum atomic E-state index is -4.62. The number of imide groups is 2. The van der Waals surface area contributed by atoms with Crippen molar-refractivity contribution < 1.29 is 27.6 Å². The van der Waals surface area contributed by atoms with Crippen LogP contribution in [-0.4, -0.2) is 22.8 Å². The highest BCUT2D eigenvalue weighted by Gasteiger charge is 2.39. The number of carbonyl (C=O) groups excluding carboxylic acids is 3. The second-order valence-corrected chi connectivity index (χ2v) is 3.30. The number of halogens is 3. The van der Waals surface area contributed by atoms with Crippen LogP contribution in [0.25, 0.3) is 0 Å². The van der Waals surface area contributed by atoms with Gasteiger partial charge in [0.15, 0.2) is 0 Å². The number of amides is 4. The van der Waals surface area contributed by atoms with Gasteiger partial charge in [0.2, 0.25) is 0 Å². The molecule has 1 fully saturated rings. The van der Waals surface area contributed by atoms with Gasteiger partial charge in [0.25, 0.3) is 0 Å². The van der Waals surface area contributed by atoms with Gasteiger partial charge in [-0.2, -0.15) is 13.2 Å². The summed E-state index contributed by atoms with van der Waals surface area (Å²) >= 11 is 0. The van der Waals surface area contributed by atoms with E-state index in [1.54, 1.807) is 5.32 Å². The predicted octanol–water partition coefficient (Wildman–Crippen LogP) is 0.683. The van der Waals surface area contributed by atoms with Gasteiger partial charge in [-0.05, 0) is 12.1 Å². The molecule has 94 valence electrons. The Labute approximate surface area is 97.4 Å². The second kappa shape index (κ2) is 3.79. The van der Waals surface area contributed by atoms with Crippen LogP contribution < -0.4 is 10.2 Å². The lowest BCUT2D eigenvalue weighted by Gasteiger charge is -2.11. The minimum absolute atomic E-state index is 0.212. The van der Waals surface area contributed by atoms with Gasteiger partial charge in [0.1, 0.15) is 5.69 Å². The van der Waals surface area contributed by atoms with Crippen LogP contribution in [0.5, 0.6) is 0 Å². The van der Waals surface area contributed by atoms with E-state index in [0.717, 1.165) is 6.07 Å². The number of nitrogens with one attached hydrogen (secondary N) is 1. The van der Waals surface area contributed by atoms with Crippen LogP contribution in [0.15, 0.2) is 18.3 Å². The first-order valence-corrected chi connectivity index (χ1v) is 4.53. The fraction of sp³-hybridized carbons (Fsp3) is 0.111. The van der Waals surface area contributed by atoms with Crippen LogP contribution in [0.3, 0.4) is 0 Å². The summed E-state index contributed by atoms with van der Waals surface area (Å²) in [5.41, 5.74) is -1.37. The molecule has 18 heavy (non-hydrogen) atoms. The minimum Gasteiger partial charge on any atom is -0.269 e. The highest BCUT2D eigenvalue weighted by molar-refractivity contribution is 6.52. The molecular weight excluding hydrogens is 255 g/mol. The molecule has 1 aromatic heterocycles. The van der Waals surface area contributed by atoms with E-state index in [0.29, 0.717) is 17.2 Å². The van der Waals surface area contributed by atoms with Crippen LogP contribution in [-0.2, 0) is 15.8 Å². The highest BCUT2D eigenvalue weighted by atomic mass is 19.4. The van der Waals surface area contributed by atoms with E-state index < -0.39 is 29.7 Å². The average Bonchev–Trinajstić information content (AvgIpc) is 2.52. The third kappa shape index (κ3) is 1.90. The lowest BCUT2D eigenvalue weighted by Crippen LogP contribution is -2.31. The molecule has 2 rings (SSSR count). The maximum atomic E-state index is 12.2. The summed E-state index contributed by atoms with van der Waals surface area (Å²) in [5.74, 6) is -2.30. The molecule has 4 amide bonds. The Kier molecular flexibility index (Phi) is 2.53. The molecule has 0 bridgehead atoms. The Morgan fingerprint density at radius 2 is 1.83 bits per heavy atom. The normalized spacial score (nSPS) is 16.2. The van der Waals surface area contributed by atoms with Crippen LogP contribution in [0.4, 0.5) is 23.7 Å². The molecule has 1 N–H and O–H groups in total. The number of rotatable bonds is 1. The van der Waals surface area contributed by atoms with Crippen molar-refractivity contribution in [3.05, 3.63) is 24.0 Å². The van der Waals surface area contributed by atoms with Crippen LogP contribution in [0, 0.1) is 0 Å². The van der Waals surface area contributed by atoms with Crippen molar-refractivity contribution in [1.29, 1.82) is 0 Å². The standard InChI is InChI=1S/C9H4F3N3O3/c10-9(11,12)5-2-1-4(3-13-5)15-7(17)6(16)14-8(15)18/h1-3H,(H,14,16,18). The number of pyridine rings is 1. The van der Waals surface area contributed by atoms with Gasteiger partial charge < -0.3 is 0 Å². The van der Waals surface area contributed by atoms with Gasteiger partial charge in [0, 0.05) is 0 Å². The molecule has 1 aliphatic rings. The van der Waals surface area contributed by atoms with Gasteiger partial charge >= 0.3 is 24.0 Å². The smallest absolute Gasteiger partial charge is 0.269 e. The first-order chi connectivity index (χ1) is 8.30. The van der Waals surface area contributed by atoms with Crippen molar-refractivity contribution in [2.24, 2.45) is 0 Å². The van der Waals surface area contributed by atoms with Crippen molar-refractivity contribution >= 4 is 23.5 Å². The van der Waals surface area contributed by atoms with E-state index in [1.165, 1.54) is 0 Å². The monoisotopic (exact) mass is 259 g/mol. The fourth-order valence-corrected chi connectivity index (χ4v) is 1.32. The largest absolute Gasteiger partial charge is 0.433 e. The first-order valence-electron chi connectivity index (χ1n) is 4.53. The topological polar surface area (TPSA) is 79.4 Å². The first kappa shape index (κ1) is 12.0. The SMILES string of the molecule is O=C1NC(=O)N(c2ccc(C(F)(F)F)nc2)C1=O. The zero-order valence-corrected chi connectivity index (χ0v) is 8.49. The third-order valence-corrected chi connectivity index (χ3v) is 2.12. The van der Waals surface area contributed by atoms with Crippen LogP contribution >= 0.6 is 0 Å². The van der Waals surface area contributed by atoms with Crippen LogP contribution in [0.2, 0.25) is 0 Å². The summed E-state index contributed by atoms with van der Waals surface area (Å²) in [4.78, 5) is 36.8. The fourth-order valence-electron chi connectivity index (χ4n) is 1.32. The molecule has 1 saturated heterocycles. The summed E-state index contributed by atoms with van der Waals surface area (Å²) in [6.07, 6.45) is -3.93. The van der Waals surface area contributed by atoms with Crippen molar-refractivity contribution in [3.63, 3.8) is 0 Å². The van der Waals surface area contributed by atoms with E-state index in [4.69, 9.17) is 0 Å². The summed E-state index contributed by atoms with van der Waals surface area (Å²) < 4.78 is 36.7. The van der Waals surface area contributed by atoms with Gasteiger partial charge in [0.05, 0.1) is 11.9 Å². The molecule has 1 aromatic rings. The van der Waals surface area contributed by atoms with E-state index in [9.17, 15) is 27.6 Å². The zero-order valence-electron chi connectivity index (χ0n) is 8.49. The second-order valence-electron chi connectivity index (χ2n) is 3.30. The Morgan fingerprint density at radius 3 is 2.22 bits per heavy atom. The quantitative estimate of drug-likeness (QED) is 0.594. The number of nitrogens with zero attached hydrogens (tertiary/aromatic N) is 2. The van der Waals surface area contributed by atoms with Gasteiger partial charge in [-0.1, -0.05) is 0 Å². The molecule has 0 aromatic carbocycles. The number of anilines is 1. The molecule has 6 nitrogen and oxygen atoms in total. The molecule has 0 saturated carbocycles. The summed E-state index contributed by atoms with van der Waals surface area (Å²) in [6, 6.07) is 0.469. The van der Waals surface area contributed by atoms with E-state index in [2.05, 4.69) is 4.98 Å². The molecular formula is C9H4F3N3O3. The maximum absolute atomic E-state index is 12.2. The van der Waals surface area contributed by atoms with Gasteiger partial charge in [-0.25, -0.2) is 14.7 Å². The summed E-state index contributed by atoms with van der Waals surface area (Å²) in [5, 5.41) is 1.71. The number of hydrogen-bond acceptors (Lipinski definition) is 4. The number of hydrogen-bond donors (Lipinski definition) is 1. The molecule has 1 aliphatic heterocycles. The molecule has 0 atom stereocenters. The molecule has 2 heterocycles. The number of aromatic nitrogens is 1. The molecule has 9 heteroatoms. The van der Waals surface area contributed by atoms with Gasteiger partial charge in [-0.3, -0.25) is 14.9 Å². The Bertz CT molecular complexity index is 538. The predicted molar refractivity (Wildman–Crippen MR) is 50.3 cm³/mol. The van der Waals surface area contributed by atoms with E-state index in [-0.39, 0.29) is 5.69 Å². The maximum Gasteiger partial charge on any atom is 0.433 e. The summed E-state index contributed by atoms with van der Waals surface area (Å²) in [6.45, 7) is 0. The zero-order chi connectivity index (χ0) is 13.5. The lowest BCUT2D eigenvalue weighted by molar-refractivity contribution is -0.141. The summed E-state index contributed by atoms with van der Waals surface area (Å²) in [7, 11) is 0. The third-order valence-electron chi connectivity index (χ3n) is 2.12. The van der Waals surface area contributed by atoms with Crippen molar-refractivity contribution in [1.82, 2.24) is 10.3 Å². The van der Waals surface area contributed by atoms with E-state index >= 15 is 0 Å².